The lowest BCUT2D eigenvalue weighted by Crippen LogP contribution is -2.39. The molecule has 2 N–H and O–H groups in total. The molecule has 21 heavy (non-hydrogen) atoms. The van der Waals surface area contributed by atoms with Gasteiger partial charge in [0.15, 0.2) is 0 Å². The molecule has 1 aliphatic rings. The predicted octanol–water partition coefficient (Wildman–Crippen LogP) is 4.37. The third kappa shape index (κ3) is 2.65. The lowest BCUT2D eigenvalue weighted by Gasteiger charge is -2.31. The van der Waals surface area contributed by atoms with Gasteiger partial charge in [0, 0.05) is 9.50 Å². The Hall–Kier alpha value is -1.52. The second-order valence-electron chi connectivity index (χ2n) is 5.29. The van der Waals surface area contributed by atoms with Gasteiger partial charge in [-0.1, -0.05) is 51.8 Å². The Bertz CT molecular complexity index is 672. The van der Waals surface area contributed by atoms with Crippen molar-refractivity contribution in [2.75, 3.05) is 0 Å². The van der Waals surface area contributed by atoms with Crippen LogP contribution >= 0.6 is 27.5 Å². The van der Waals surface area contributed by atoms with E-state index >= 15 is 0 Å². The van der Waals surface area contributed by atoms with Crippen LogP contribution in [0.15, 0.2) is 53.0 Å². The monoisotopic (exact) mass is 364 g/mol. The second-order valence-corrected chi connectivity index (χ2v) is 6.64. The molecule has 1 aliphatic heterocycles. The molecule has 1 fully saturated rings. The van der Waals surface area contributed by atoms with Gasteiger partial charge in [-0.3, -0.25) is 0 Å². The van der Waals surface area contributed by atoms with Gasteiger partial charge in [-0.25, -0.2) is 4.79 Å². The van der Waals surface area contributed by atoms with Crippen molar-refractivity contribution in [2.24, 2.45) is 0 Å². The van der Waals surface area contributed by atoms with Crippen LogP contribution < -0.4 is 10.6 Å². The third-order valence-corrected chi connectivity index (χ3v) is 4.65. The number of benzene rings is 2. The fraction of sp³-hybridized carbons (Fsp3) is 0.188. The maximum absolute atomic E-state index is 11.9. The van der Waals surface area contributed by atoms with Crippen LogP contribution in [0, 0.1) is 0 Å². The van der Waals surface area contributed by atoms with Crippen LogP contribution in [-0.2, 0) is 5.54 Å². The normalized spacial score (nSPS) is 24.5. The molecule has 5 heteroatoms. The van der Waals surface area contributed by atoms with Crippen LogP contribution in [0.25, 0.3) is 0 Å². The summed E-state index contributed by atoms with van der Waals surface area (Å²) in [5, 5.41) is 6.70. The van der Waals surface area contributed by atoms with E-state index in [1.165, 1.54) is 0 Å². The van der Waals surface area contributed by atoms with Crippen molar-refractivity contribution in [3.63, 3.8) is 0 Å². The molecule has 2 aromatic carbocycles. The minimum absolute atomic E-state index is 0.150. The zero-order valence-electron chi connectivity index (χ0n) is 11.4. The standard InChI is InChI=1S/C16H14BrClN2O/c1-16(11-4-6-12(17)7-5-11)14(19-15(21)20-16)10-2-8-13(18)9-3-10/h2-9,14H,1H3,(H2,19,20,21)/t14-,16-/m0/s1. The topological polar surface area (TPSA) is 41.1 Å². The Kier molecular flexibility index (Phi) is 3.68. The van der Waals surface area contributed by atoms with Gasteiger partial charge in [-0.15, -0.1) is 0 Å². The quantitative estimate of drug-likeness (QED) is 0.815. The summed E-state index contributed by atoms with van der Waals surface area (Å²) in [6, 6.07) is 15.2. The highest BCUT2D eigenvalue weighted by Crippen LogP contribution is 2.38. The summed E-state index contributed by atoms with van der Waals surface area (Å²) in [7, 11) is 0. The fourth-order valence-electron chi connectivity index (χ4n) is 2.73. The molecule has 3 rings (SSSR count). The van der Waals surface area contributed by atoms with Crippen molar-refractivity contribution in [1.29, 1.82) is 0 Å². The number of carbonyl (C=O) groups is 1. The van der Waals surface area contributed by atoms with Gasteiger partial charge in [0.25, 0.3) is 0 Å². The van der Waals surface area contributed by atoms with Gasteiger partial charge < -0.3 is 10.6 Å². The zero-order chi connectivity index (χ0) is 15.0. The van der Waals surface area contributed by atoms with E-state index < -0.39 is 5.54 Å². The van der Waals surface area contributed by atoms with Gasteiger partial charge in [0.2, 0.25) is 0 Å². The largest absolute Gasteiger partial charge is 0.329 e. The maximum Gasteiger partial charge on any atom is 0.316 e. The minimum atomic E-state index is -0.508. The third-order valence-electron chi connectivity index (χ3n) is 3.87. The molecule has 1 heterocycles. The number of amides is 2. The van der Waals surface area contributed by atoms with Gasteiger partial charge in [0.1, 0.15) is 0 Å². The van der Waals surface area contributed by atoms with Crippen molar-refractivity contribution < 1.29 is 4.79 Å². The Labute approximate surface area is 136 Å². The molecule has 0 saturated carbocycles. The molecular weight excluding hydrogens is 352 g/mol. The van der Waals surface area contributed by atoms with Gasteiger partial charge >= 0.3 is 6.03 Å². The molecule has 0 aliphatic carbocycles. The average molecular weight is 366 g/mol. The molecule has 1 saturated heterocycles. The molecule has 2 aromatic rings. The minimum Gasteiger partial charge on any atom is -0.329 e. The molecule has 0 bridgehead atoms. The van der Waals surface area contributed by atoms with Crippen LogP contribution in [0.4, 0.5) is 4.79 Å². The average Bonchev–Trinajstić information content (AvgIpc) is 2.76. The van der Waals surface area contributed by atoms with Crippen molar-refractivity contribution in [1.82, 2.24) is 10.6 Å². The first-order chi connectivity index (χ1) is 9.99. The molecule has 108 valence electrons. The first kappa shape index (κ1) is 14.4. The lowest BCUT2D eigenvalue weighted by molar-refractivity contribution is 0.245. The molecule has 0 spiro atoms. The van der Waals surface area contributed by atoms with E-state index in [-0.39, 0.29) is 12.1 Å². The van der Waals surface area contributed by atoms with E-state index in [0.29, 0.717) is 5.02 Å². The highest BCUT2D eigenvalue weighted by Gasteiger charge is 2.44. The summed E-state index contributed by atoms with van der Waals surface area (Å²) in [5.41, 5.74) is 1.55. The summed E-state index contributed by atoms with van der Waals surface area (Å²) in [4.78, 5) is 11.9. The number of urea groups is 1. The van der Waals surface area contributed by atoms with Crippen molar-refractivity contribution in [2.45, 2.75) is 18.5 Å². The molecule has 2 amide bonds. The highest BCUT2D eigenvalue weighted by atomic mass is 79.9. The van der Waals surface area contributed by atoms with E-state index in [1.807, 2.05) is 55.5 Å². The number of hydrogen-bond acceptors (Lipinski definition) is 1. The Balaban J connectivity index is 2.04. The van der Waals surface area contributed by atoms with Crippen molar-refractivity contribution in [3.8, 4) is 0 Å². The summed E-state index contributed by atoms with van der Waals surface area (Å²) in [6.45, 7) is 2.02. The smallest absolute Gasteiger partial charge is 0.316 e. The Morgan fingerprint density at radius 3 is 2.33 bits per heavy atom. The number of nitrogens with one attached hydrogen (secondary N) is 2. The maximum atomic E-state index is 11.9. The second kappa shape index (κ2) is 5.35. The molecule has 3 nitrogen and oxygen atoms in total. The van der Waals surface area contributed by atoms with E-state index in [1.54, 1.807) is 0 Å². The van der Waals surface area contributed by atoms with Crippen LogP contribution in [0.1, 0.15) is 24.1 Å². The van der Waals surface area contributed by atoms with E-state index in [0.717, 1.165) is 15.6 Å². The molecular formula is C16H14BrClN2O. The van der Waals surface area contributed by atoms with E-state index in [9.17, 15) is 4.79 Å². The van der Waals surface area contributed by atoms with Gasteiger partial charge in [-0.2, -0.15) is 0 Å². The first-order valence-electron chi connectivity index (χ1n) is 6.59. The van der Waals surface area contributed by atoms with Crippen LogP contribution in [0.2, 0.25) is 5.02 Å². The molecule has 0 unspecified atom stereocenters. The molecule has 2 atom stereocenters. The van der Waals surface area contributed by atoms with Crippen LogP contribution in [0.3, 0.4) is 0 Å². The number of carbonyl (C=O) groups excluding carboxylic acids is 1. The summed E-state index contributed by atoms with van der Waals surface area (Å²) in [5.74, 6) is 0. The van der Waals surface area contributed by atoms with Crippen LogP contribution in [-0.4, -0.2) is 6.03 Å². The fourth-order valence-corrected chi connectivity index (χ4v) is 3.12. The number of halogens is 2. The lowest BCUT2D eigenvalue weighted by atomic mass is 9.82. The van der Waals surface area contributed by atoms with E-state index in [4.69, 9.17) is 11.6 Å². The summed E-state index contributed by atoms with van der Waals surface area (Å²) >= 11 is 9.38. The summed E-state index contributed by atoms with van der Waals surface area (Å²) < 4.78 is 1.01. The van der Waals surface area contributed by atoms with Gasteiger partial charge in [0.05, 0.1) is 11.6 Å². The van der Waals surface area contributed by atoms with Gasteiger partial charge in [-0.05, 0) is 42.3 Å². The zero-order valence-corrected chi connectivity index (χ0v) is 13.7. The van der Waals surface area contributed by atoms with Crippen molar-refractivity contribution >= 4 is 33.6 Å². The first-order valence-corrected chi connectivity index (χ1v) is 7.76. The Morgan fingerprint density at radius 1 is 1.10 bits per heavy atom. The number of rotatable bonds is 2. The van der Waals surface area contributed by atoms with E-state index in [2.05, 4.69) is 26.6 Å². The number of hydrogen-bond donors (Lipinski definition) is 2. The molecule has 0 radical (unpaired) electrons. The summed E-state index contributed by atoms with van der Waals surface area (Å²) in [6.07, 6.45) is 0. The molecule has 0 aromatic heterocycles. The van der Waals surface area contributed by atoms with Crippen LogP contribution in [0.5, 0.6) is 0 Å². The highest BCUT2D eigenvalue weighted by molar-refractivity contribution is 9.10. The Morgan fingerprint density at radius 2 is 1.71 bits per heavy atom. The van der Waals surface area contributed by atoms with Crippen molar-refractivity contribution in [3.05, 3.63) is 69.2 Å². The predicted molar refractivity (Wildman–Crippen MR) is 87.4 cm³/mol. The SMILES string of the molecule is C[C@@]1(c2ccc(Br)cc2)NC(=O)N[C@H]1c1ccc(Cl)cc1.